The average molecular weight is 388 g/mol. The van der Waals surface area contributed by atoms with E-state index in [9.17, 15) is 4.79 Å². The first kappa shape index (κ1) is 18.9. The highest BCUT2D eigenvalue weighted by Gasteiger charge is 2.23. The van der Waals surface area contributed by atoms with Gasteiger partial charge in [-0.05, 0) is 37.3 Å². The van der Waals surface area contributed by atoms with Gasteiger partial charge < -0.3 is 14.7 Å². The number of nitrogens with zero attached hydrogens (tertiary/aromatic N) is 6. The highest BCUT2D eigenvalue weighted by atomic mass is 16.2. The fourth-order valence-corrected chi connectivity index (χ4v) is 3.50. The second-order valence-electron chi connectivity index (χ2n) is 6.81. The molecule has 1 aliphatic heterocycles. The van der Waals surface area contributed by atoms with Crippen molar-refractivity contribution in [3.63, 3.8) is 0 Å². The third kappa shape index (κ3) is 4.18. The van der Waals surface area contributed by atoms with Crippen molar-refractivity contribution in [1.82, 2.24) is 19.9 Å². The van der Waals surface area contributed by atoms with Crippen LogP contribution in [0.4, 0.5) is 17.5 Å². The summed E-state index contributed by atoms with van der Waals surface area (Å²) in [4.78, 5) is 32.1. The second-order valence-corrected chi connectivity index (χ2v) is 6.81. The van der Waals surface area contributed by atoms with Gasteiger partial charge in [-0.15, -0.1) is 0 Å². The Balaban J connectivity index is 1.41. The zero-order chi connectivity index (χ0) is 20.1. The number of hydrogen-bond acceptors (Lipinski definition) is 6. The number of benzene rings is 1. The maximum atomic E-state index is 12.9. The summed E-state index contributed by atoms with van der Waals surface area (Å²) < 4.78 is 0. The lowest BCUT2D eigenvalue weighted by atomic mass is 10.2. The molecule has 7 heteroatoms. The quantitative estimate of drug-likeness (QED) is 0.670. The van der Waals surface area contributed by atoms with Gasteiger partial charge in [0.25, 0.3) is 5.91 Å². The molecular weight excluding hydrogens is 364 g/mol. The monoisotopic (exact) mass is 388 g/mol. The standard InChI is InChI=1S/C22H24N6O/c1-2-28(19-7-4-3-5-8-19)20-10-9-18(17-25-20)21(29)26-13-15-27(16-14-26)22-23-11-6-12-24-22/h3-12,17H,2,13-16H2,1H3. The van der Waals surface area contributed by atoms with Gasteiger partial charge in [0.15, 0.2) is 0 Å². The minimum absolute atomic E-state index is 0.0143. The van der Waals surface area contributed by atoms with Crippen LogP contribution in [0.25, 0.3) is 0 Å². The van der Waals surface area contributed by atoms with Crippen LogP contribution in [0.1, 0.15) is 17.3 Å². The van der Waals surface area contributed by atoms with Gasteiger partial charge in [0.1, 0.15) is 5.82 Å². The van der Waals surface area contributed by atoms with Crippen LogP contribution in [0.3, 0.4) is 0 Å². The van der Waals surface area contributed by atoms with E-state index in [1.807, 2.05) is 35.2 Å². The van der Waals surface area contributed by atoms with Crippen molar-refractivity contribution >= 4 is 23.4 Å². The number of piperazine rings is 1. The van der Waals surface area contributed by atoms with Crippen molar-refractivity contribution in [1.29, 1.82) is 0 Å². The summed E-state index contributed by atoms with van der Waals surface area (Å²) in [5.74, 6) is 1.56. The van der Waals surface area contributed by atoms with E-state index in [4.69, 9.17) is 0 Å². The van der Waals surface area contributed by atoms with E-state index in [0.717, 1.165) is 31.1 Å². The van der Waals surface area contributed by atoms with Gasteiger partial charge in [-0.1, -0.05) is 18.2 Å². The van der Waals surface area contributed by atoms with Gasteiger partial charge >= 0.3 is 0 Å². The molecule has 0 spiro atoms. The van der Waals surface area contributed by atoms with Crippen LogP contribution in [0.5, 0.6) is 0 Å². The minimum Gasteiger partial charge on any atom is -0.337 e. The zero-order valence-corrected chi connectivity index (χ0v) is 16.5. The molecule has 3 heterocycles. The molecule has 1 fully saturated rings. The summed E-state index contributed by atoms with van der Waals surface area (Å²) in [6.45, 7) is 5.61. The van der Waals surface area contributed by atoms with Crippen molar-refractivity contribution in [3.8, 4) is 0 Å². The molecule has 0 saturated carbocycles. The molecule has 1 aromatic carbocycles. The van der Waals surface area contributed by atoms with E-state index >= 15 is 0 Å². The fraction of sp³-hybridized carbons (Fsp3) is 0.273. The topological polar surface area (TPSA) is 65.5 Å². The van der Waals surface area contributed by atoms with Crippen molar-refractivity contribution in [3.05, 3.63) is 72.7 Å². The number of pyridine rings is 1. The molecule has 2 aromatic heterocycles. The lowest BCUT2D eigenvalue weighted by Gasteiger charge is -2.34. The summed E-state index contributed by atoms with van der Waals surface area (Å²) >= 11 is 0. The van der Waals surface area contributed by atoms with Gasteiger partial charge in [0.05, 0.1) is 5.56 Å². The van der Waals surface area contributed by atoms with E-state index < -0.39 is 0 Å². The smallest absolute Gasteiger partial charge is 0.255 e. The first-order valence-corrected chi connectivity index (χ1v) is 9.86. The van der Waals surface area contributed by atoms with Crippen LogP contribution in [-0.2, 0) is 0 Å². The Morgan fingerprint density at radius 3 is 2.28 bits per heavy atom. The molecule has 0 unspecified atom stereocenters. The van der Waals surface area contributed by atoms with Crippen LogP contribution < -0.4 is 9.80 Å². The van der Waals surface area contributed by atoms with Gasteiger partial charge in [-0.3, -0.25) is 4.79 Å². The summed E-state index contributed by atoms with van der Waals surface area (Å²) in [6.07, 6.45) is 5.15. The zero-order valence-electron chi connectivity index (χ0n) is 16.5. The molecule has 1 saturated heterocycles. The van der Waals surface area contributed by atoms with Crippen LogP contribution in [0, 0.1) is 0 Å². The van der Waals surface area contributed by atoms with Crippen molar-refractivity contribution in [2.45, 2.75) is 6.92 Å². The summed E-state index contributed by atoms with van der Waals surface area (Å²) in [5, 5.41) is 0. The molecule has 0 atom stereocenters. The minimum atomic E-state index is 0.0143. The predicted molar refractivity (Wildman–Crippen MR) is 114 cm³/mol. The second kappa shape index (κ2) is 8.68. The number of anilines is 3. The summed E-state index contributed by atoms with van der Waals surface area (Å²) in [6, 6.07) is 15.7. The fourth-order valence-electron chi connectivity index (χ4n) is 3.50. The molecule has 29 heavy (non-hydrogen) atoms. The Labute approximate surface area is 170 Å². The molecule has 1 aliphatic rings. The third-order valence-electron chi connectivity index (χ3n) is 5.06. The molecule has 148 valence electrons. The van der Waals surface area contributed by atoms with E-state index in [0.29, 0.717) is 24.6 Å². The van der Waals surface area contributed by atoms with Gasteiger partial charge in [-0.25, -0.2) is 15.0 Å². The molecule has 0 N–H and O–H groups in total. The largest absolute Gasteiger partial charge is 0.337 e. The molecule has 7 nitrogen and oxygen atoms in total. The SMILES string of the molecule is CCN(c1ccccc1)c1ccc(C(=O)N2CCN(c3ncccn3)CC2)cn1. The number of amides is 1. The van der Waals surface area contributed by atoms with Crippen LogP contribution >= 0.6 is 0 Å². The summed E-state index contributed by atoms with van der Waals surface area (Å²) in [5.41, 5.74) is 1.70. The van der Waals surface area contributed by atoms with E-state index in [1.54, 1.807) is 24.7 Å². The Kier molecular flexibility index (Phi) is 5.65. The maximum absolute atomic E-state index is 12.9. The van der Waals surface area contributed by atoms with Gasteiger partial charge in [0, 0.05) is 57.0 Å². The number of hydrogen-bond donors (Lipinski definition) is 0. The van der Waals surface area contributed by atoms with Crippen molar-refractivity contribution in [2.75, 3.05) is 42.5 Å². The molecular formula is C22H24N6O. The van der Waals surface area contributed by atoms with E-state index in [-0.39, 0.29) is 5.91 Å². The van der Waals surface area contributed by atoms with Crippen LogP contribution in [0.2, 0.25) is 0 Å². The number of rotatable bonds is 5. The lowest BCUT2D eigenvalue weighted by Crippen LogP contribution is -2.49. The number of para-hydroxylation sites is 1. The van der Waals surface area contributed by atoms with Crippen LogP contribution in [0.15, 0.2) is 67.1 Å². The molecule has 0 aliphatic carbocycles. The highest BCUT2D eigenvalue weighted by Crippen LogP contribution is 2.23. The molecule has 0 radical (unpaired) electrons. The Morgan fingerprint density at radius 2 is 1.66 bits per heavy atom. The van der Waals surface area contributed by atoms with Gasteiger partial charge in [0.2, 0.25) is 5.95 Å². The Bertz CT molecular complexity index is 925. The number of carbonyl (C=O) groups is 1. The van der Waals surface area contributed by atoms with E-state index in [2.05, 4.69) is 43.8 Å². The first-order chi connectivity index (χ1) is 14.3. The number of carbonyl (C=O) groups excluding carboxylic acids is 1. The lowest BCUT2D eigenvalue weighted by molar-refractivity contribution is 0.0746. The molecule has 0 bridgehead atoms. The van der Waals surface area contributed by atoms with Crippen molar-refractivity contribution < 1.29 is 4.79 Å². The average Bonchev–Trinajstić information content (AvgIpc) is 2.81. The van der Waals surface area contributed by atoms with Gasteiger partial charge in [-0.2, -0.15) is 0 Å². The van der Waals surface area contributed by atoms with Crippen molar-refractivity contribution in [2.24, 2.45) is 0 Å². The number of aromatic nitrogens is 3. The first-order valence-electron chi connectivity index (χ1n) is 9.86. The predicted octanol–water partition coefficient (Wildman–Crippen LogP) is 2.99. The third-order valence-corrected chi connectivity index (χ3v) is 5.06. The Morgan fingerprint density at radius 1 is 0.931 bits per heavy atom. The molecule has 1 amide bonds. The molecule has 3 aromatic rings. The van der Waals surface area contributed by atoms with E-state index in [1.165, 1.54) is 0 Å². The normalized spacial score (nSPS) is 14.0. The van der Waals surface area contributed by atoms with Crippen LogP contribution in [-0.4, -0.2) is 58.5 Å². The highest BCUT2D eigenvalue weighted by molar-refractivity contribution is 5.94. The Hall–Kier alpha value is -3.48. The molecule has 4 rings (SSSR count). The summed E-state index contributed by atoms with van der Waals surface area (Å²) in [7, 11) is 0. The maximum Gasteiger partial charge on any atom is 0.255 e.